The van der Waals surface area contributed by atoms with E-state index >= 15 is 0 Å². The fourth-order valence-electron chi connectivity index (χ4n) is 2.70. The van der Waals surface area contributed by atoms with Crippen LogP contribution in [0.25, 0.3) is 0 Å². The van der Waals surface area contributed by atoms with Crippen molar-refractivity contribution in [2.75, 3.05) is 18.0 Å². The van der Waals surface area contributed by atoms with E-state index in [4.69, 9.17) is 11.6 Å². The van der Waals surface area contributed by atoms with E-state index in [0.29, 0.717) is 0 Å². The molecule has 0 amide bonds. The summed E-state index contributed by atoms with van der Waals surface area (Å²) in [4.78, 5) is 2.44. The fourth-order valence-corrected chi connectivity index (χ4v) is 2.82. The largest absolute Gasteiger partial charge is 0.366 e. The lowest BCUT2D eigenvalue weighted by atomic mass is 10.1. The van der Waals surface area contributed by atoms with Gasteiger partial charge in [-0.25, -0.2) is 0 Å². The summed E-state index contributed by atoms with van der Waals surface area (Å²) in [5.41, 5.74) is 5.34. The molecule has 1 aliphatic rings. The van der Waals surface area contributed by atoms with Gasteiger partial charge in [0.2, 0.25) is 0 Å². The molecule has 0 spiro atoms. The lowest BCUT2D eigenvalue weighted by Gasteiger charge is -2.25. The summed E-state index contributed by atoms with van der Waals surface area (Å²) >= 11 is 5.96. The summed E-state index contributed by atoms with van der Waals surface area (Å²) in [6.45, 7) is 6.07. The average molecular weight is 287 g/mol. The van der Waals surface area contributed by atoms with E-state index in [1.54, 1.807) is 0 Å². The van der Waals surface area contributed by atoms with Crippen molar-refractivity contribution in [3.8, 4) is 0 Å². The molecule has 1 aliphatic heterocycles. The minimum Gasteiger partial charge on any atom is -0.366 e. The maximum absolute atomic E-state index is 5.96. The van der Waals surface area contributed by atoms with E-state index in [-0.39, 0.29) is 0 Å². The summed E-state index contributed by atoms with van der Waals surface area (Å²) in [6, 6.07) is 14.9. The molecule has 104 valence electrons. The number of hydrogen-bond acceptors (Lipinski definition) is 2. The van der Waals surface area contributed by atoms with Crippen molar-refractivity contribution in [2.24, 2.45) is 0 Å². The Balaban J connectivity index is 1.88. The third-order valence-corrected chi connectivity index (χ3v) is 3.99. The Bertz CT molecular complexity index is 592. The highest BCUT2D eigenvalue weighted by molar-refractivity contribution is 6.30. The Morgan fingerprint density at radius 2 is 1.95 bits per heavy atom. The van der Waals surface area contributed by atoms with Crippen molar-refractivity contribution in [1.82, 2.24) is 5.32 Å². The molecule has 3 heteroatoms. The Morgan fingerprint density at radius 1 is 1.15 bits per heavy atom. The smallest absolute Gasteiger partial charge is 0.0430 e. The van der Waals surface area contributed by atoms with Crippen LogP contribution in [-0.4, -0.2) is 13.1 Å². The molecule has 0 saturated carbocycles. The first-order valence-electron chi connectivity index (χ1n) is 7.02. The van der Waals surface area contributed by atoms with Crippen LogP contribution in [0.1, 0.15) is 16.7 Å². The topological polar surface area (TPSA) is 15.3 Å². The van der Waals surface area contributed by atoms with Crippen molar-refractivity contribution < 1.29 is 0 Å². The molecule has 2 nitrogen and oxygen atoms in total. The molecule has 1 N–H and O–H groups in total. The molecule has 3 rings (SSSR count). The molecule has 2 aromatic rings. The molecule has 0 bridgehead atoms. The minimum atomic E-state index is 0.794. The first-order valence-corrected chi connectivity index (χ1v) is 7.40. The molecule has 0 aromatic heterocycles. The Kier molecular flexibility index (Phi) is 3.95. The van der Waals surface area contributed by atoms with Gasteiger partial charge < -0.3 is 10.2 Å². The van der Waals surface area contributed by atoms with Gasteiger partial charge >= 0.3 is 0 Å². The van der Waals surface area contributed by atoms with Gasteiger partial charge in [0.1, 0.15) is 0 Å². The van der Waals surface area contributed by atoms with E-state index in [0.717, 1.165) is 31.2 Å². The van der Waals surface area contributed by atoms with Gasteiger partial charge in [0.05, 0.1) is 0 Å². The van der Waals surface area contributed by atoms with Crippen molar-refractivity contribution in [2.45, 2.75) is 20.0 Å². The molecule has 0 atom stereocenters. The predicted molar refractivity (Wildman–Crippen MR) is 85.4 cm³/mol. The highest BCUT2D eigenvalue weighted by Gasteiger charge is 2.15. The zero-order valence-corrected chi connectivity index (χ0v) is 12.5. The first kappa shape index (κ1) is 13.5. The van der Waals surface area contributed by atoms with Crippen molar-refractivity contribution in [3.63, 3.8) is 0 Å². The molecule has 2 aromatic carbocycles. The second kappa shape index (κ2) is 5.86. The van der Waals surface area contributed by atoms with E-state index in [1.165, 1.54) is 22.4 Å². The normalized spacial score (nSPS) is 14.8. The van der Waals surface area contributed by atoms with Crippen LogP contribution < -0.4 is 10.2 Å². The summed E-state index contributed by atoms with van der Waals surface area (Å²) in [7, 11) is 0. The van der Waals surface area contributed by atoms with Crippen molar-refractivity contribution in [3.05, 3.63) is 64.2 Å². The van der Waals surface area contributed by atoms with Crippen molar-refractivity contribution in [1.29, 1.82) is 0 Å². The number of nitrogens with zero attached hydrogens (tertiary/aromatic N) is 1. The summed E-state index contributed by atoms with van der Waals surface area (Å²) < 4.78 is 0. The maximum Gasteiger partial charge on any atom is 0.0430 e. The predicted octanol–water partition coefficient (Wildman–Crippen LogP) is 3.76. The van der Waals surface area contributed by atoms with E-state index in [1.807, 2.05) is 12.1 Å². The molecule has 1 heterocycles. The molecular weight excluding hydrogens is 268 g/mol. The second-order valence-electron chi connectivity index (χ2n) is 5.36. The number of hydrogen-bond donors (Lipinski definition) is 1. The zero-order valence-electron chi connectivity index (χ0n) is 11.7. The highest BCUT2D eigenvalue weighted by atomic mass is 35.5. The number of aryl methyl sites for hydroxylation is 1. The van der Waals surface area contributed by atoms with Gasteiger partial charge in [0.25, 0.3) is 0 Å². The summed E-state index contributed by atoms with van der Waals surface area (Å²) in [6.07, 6.45) is 0. The van der Waals surface area contributed by atoms with Crippen LogP contribution >= 0.6 is 11.6 Å². The van der Waals surface area contributed by atoms with E-state index < -0.39 is 0 Å². The SMILES string of the molecule is Cc1ccc2c(c1)CNCCN2Cc1ccc(Cl)cc1. The van der Waals surface area contributed by atoms with Crippen LogP contribution in [0.2, 0.25) is 5.02 Å². The van der Waals surface area contributed by atoms with E-state index in [2.05, 4.69) is 47.5 Å². The standard InChI is InChI=1S/C17H19ClN2/c1-13-2-7-17-15(10-13)11-19-8-9-20(17)12-14-3-5-16(18)6-4-14/h2-7,10,19H,8-9,11-12H2,1H3. The molecule has 0 saturated heterocycles. The number of halogens is 1. The molecule has 0 radical (unpaired) electrons. The highest BCUT2D eigenvalue weighted by Crippen LogP contribution is 2.25. The number of rotatable bonds is 2. The Morgan fingerprint density at radius 3 is 2.75 bits per heavy atom. The third-order valence-electron chi connectivity index (χ3n) is 3.74. The number of fused-ring (bicyclic) bond motifs is 1. The van der Waals surface area contributed by atoms with Gasteiger partial charge in [-0.15, -0.1) is 0 Å². The third kappa shape index (κ3) is 2.97. The summed E-state index contributed by atoms with van der Waals surface area (Å²) in [5.74, 6) is 0. The molecule has 0 fully saturated rings. The Labute approximate surface area is 125 Å². The van der Waals surface area contributed by atoms with Gasteiger partial charge in [-0.1, -0.05) is 41.4 Å². The summed E-state index contributed by atoms with van der Waals surface area (Å²) in [5, 5.41) is 4.29. The number of anilines is 1. The van der Waals surface area contributed by atoms with Gasteiger partial charge in [-0.2, -0.15) is 0 Å². The maximum atomic E-state index is 5.96. The van der Waals surface area contributed by atoms with Gasteiger partial charge in [-0.05, 0) is 36.2 Å². The Hall–Kier alpha value is -1.51. The lowest BCUT2D eigenvalue weighted by molar-refractivity contribution is 0.688. The van der Waals surface area contributed by atoms with Crippen LogP contribution in [0.4, 0.5) is 5.69 Å². The second-order valence-corrected chi connectivity index (χ2v) is 5.79. The fraction of sp³-hybridized carbons (Fsp3) is 0.294. The minimum absolute atomic E-state index is 0.794. The van der Waals surface area contributed by atoms with Crippen LogP contribution in [0.5, 0.6) is 0 Å². The number of nitrogens with one attached hydrogen (secondary N) is 1. The molecular formula is C17H19ClN2. The van der Waals surface area contributed by atoms with Gasteiger partial charge in [0, 0.05) is 36.9 Å². The van der Waals surface area contributed by atoms with E-state index in [9.17, 15) is 0 Å². The van der Waals surface area contributed by atoms with Crippen LogP contribution in [0.15, 0.2) is 42.5 Å². The van der Waals surface area contributed by atoms with Gasteiger partial charge in [0.15, 0.2) is 0 Å². The molecule has 0 unspecified atom stereocenters. The molecule has 0 aliphatic carbocycles. The van der Waals surface area contributed by atoms with Crippen molar-refractivity contribution >= 4 is 17.3 Å². The average Bonchev–Trinajstić information content (AvgIpc) is 2.63. The van der Waals surface area contributed by atoms with Crippen LogP contribution in [-0.2, 0) is 13.1 Å². The van der Waals surface area contributed by atoms with Crippen LogP contribution in [0, 0.1) is 6.92 Å². The monoisotopic (exact) mass is 286 g/mol. The quantitative estimate of drug-likeness (QED) is 0.904. The molecule has 20 heavy (non-hydrogen) atoms. The number of benzene rings is 2. The zero-order chi connectivity index (χ0) is 13.9. The first-order chi connectivity index (χ1) is 9.72. The van der Waals surface area contributed by atoms with Crippen LogP contribution in [0.3, 0.4) is 0 Å². The lowest BCUT2D eigenvalue weighted by Crippen LogP contribution is -2.28. The van der Waals surface area contributed by atoms with Gasteiger partial charge in [-0.3, -0.25) is 0 Å².